The summed E-state index contributed by atoms with van der Waals surface area (Å²) in [6.07, 6.45) is 2.18. The van der Waals surface area contributed by atoms with Crippen LogP contribution in [0.25, 0.3) is 0 Å². The van der Waals surface area contributed by atoms with E-state index < -0.39 is 17.7 Å². The fourth-order valence-corrected chi connectivity index (χ4v) is 3.24. The number of β-amino-alcohol motifs (C(OH)–C–C–N with tert-alkyl or cyclic N) is 1. The molecule has 2 fully saturated rings. The lowest BCUT2D eigenvalue weighted by molar-refractivity contribution is -0.132. The van der Waals surface area contributed by atoms with Crippen molar-refractivity contribution in [2.24, 2.45) is 0 Å². The van der Waals surface area contributed by atoms with Crippen molar-refractivity contribution in [3.8, 4) is 11.8 Å². The van der Waals surface area contributed by atoms with Gasteiger partial charge in [0.15, 0.2) is 0 Å². The van der Waals surface area contributed by atoms with Crippen LogP contribution in [-0.4, -0.2) is 46.7 Å². The summed E-state index contributed by atoms with van der Waals surface area (Å²) in [6.45, 7) is -0.140. The van der Waals surface area contributed by atoms with Crippen molar-refractivity contribution in [1.82, 2.24) is 10.2 Å². The van der Waals surface area contributed by atoms with Gasteiger partial charge in [-0.05, 0) is 37.1 Å². The Morgan fingerprint density at radius 3 is 2.58 bits per heavy atom. The number of aliphatic hydroxyl groups excluding tert-OH is 1. The largest absolute Gasteiger partial charge is 0.491 e. The summed E-state index contributed by atoms with van der Waals surface area (Å²) in [5.74, 6) is 0.264. The van der Waals surface area contributed by atoms with Gasteiger partial charge in [-0.1, -0.05) is 12.8 Å². The predicted molar refractivity (Wildman–Crippen MR) is 84.1 cm³/mol. The smallest absolute Gasteiger partial charge is 0.325 e. The first-order valence-electron chi connectivity index (χ1n) is 7.99. The summed E-state index contributed by atoms with van der Waals surface area (Å²) in [5.41, 5.74) is -0.241. The molecule has 3 amide bonds. The zero-order chi connectivity index (χ0) is 17.2. The maximum Gasteiger partial charge on any atom is 0.325 e. The third-order valence-electron chi connectivity index (χ3n) is 4.52. The molecule has 1 spiro atoms. The maximum absolute atomic E-state index is 12.5. The Labute approximate surface area is 139 Å². The lowest BCUT2D eigenvalue weighted by Crippen LogP contribution is -2.45. The molecule has 2 aliphatic rings. The number of amides is 3. The highest BCUT2D eigenvalue weighted by Gasteiger charge is 2.52. The highest BCUT2D eigenvalue weighted by molar-refractivity contribution is 6.07. The number of ether oxygens (including phenoxy) is 1. The van der Waals surface area contributed by atoms with Crippen molar-refractivity contribution < 1.29 is 19.4 Å². The standard InChI is InChI=1S/C17H19N3O4/c18-9-12-3-5-14(6-4-12)24-11-13(21)10-20-15(22)17(19-16(20)23)7-1-2-8-17/h3-6,13,21H,1-2,7-8,10-11H2,(H,19,23)/t13-/m1/s1. The minimum Gasteiger partial charge on any atom is -0.491 e. The number of hydrogen-bond donors (Lipinski definition) is 2. The maximum atomic E-state index is 12.5. The molecule has 7 nitrogen and oxygen atoms in total. The Morgan fingerprint density at radius 1 is 1.29 bits per heavy atom. The summed E-state index contributed by atoms with van der Waals surface area (Å²) in [7, 11) is 0. The number of rotatable bonds is 5. The third kappa shape index (κ3) is 3.05. The molecule has 24 heavy (non-hydrogen) atoms. The summed E-state index contributed by atoms with van der Waals surface area (Å²) >= 11 is 0. The van der Waals surface area contributed by atoms with Gasteiger partial charge in [0.2, 0.25) is 0 Å². The lowest BCUT2D eigenvalue weighted by atomic mass is 9.98. The molecule has 0 bridgehead atoms. The van der Waals surface area contributed by atoms with Crippen LogP contribution in [0.15, 0.2) is 24.3 Å². The fourth-order valence-electron chi connectivity index (χ4n) is 3.24. The monoisotopic (exact) mass is 329 g/mol. The number of nitrogens with one attached hydrogen (secondary N) is 1. The Balaban J connectivity index is 1.54. The first-order chi connectivity index (χ1) is 11.5. The summed E-state index contributed by atoms with van der Waals surface area (Å²) < 4.78 is 5.44. The second-order valence-electron chi connectivity index (χ2n) is 6.24. The fraction of sp³-hybridized carbons (Fsp3) is 0.471. The van der Waals surface area contributed by atoms with Crippen LogP contribution >= 0.6 is 0 Å². The molecule has 2 N–H and O–H groups in total. The number of nitriles is 1. The number of benzene rings is 1. The Hall–Kier alpha value is -2.59. The van der Waals surface area contributed by atoms with Crippen LogP contribution in [0.3, 0.4) is 0 Å². The van der Waals surface area contributed by atoms with E-state index in [1.165, 1.54) is 0 Å². The predicted octanol–water partition coefficient (Wildman–Crippen LogP) is 1.16. The topological polar surface area (TPSA) is 103 Å². The van der Waals surface area contributed by atoms with E-state index in [4.69, 9.17) is 10.00 Å². The molecular formula is C17H19N3O4. The van der Waals surface area contributed by atoms with Gasteiger partial charge in [-0.25, -0.2) is 4.79 Å². The van der Waals surface area contributed by atoms with E-state index in [0.29, 0.717) is 24.2 Å². The number of imide groups is 1. The molecule has 1 atom stereocenters. The lowest BCUT2D eigenvalue weighted by Gasteiger charge is -2.21. The number of aliphatic hydroxyl groups is 1. The van der Waals surface area contributed by atoms with Crippen molar-refractivity contribution >= 4 is 11.9 Å². The average Bonchev–Trinajstić information content (AvgIpc) is 3.14. The van der Waals surface area contributed by atoms with Crippen molar-refractivity contribution in [3.63, 3.8) is 0 Å². The second kappa shape index (κ2) is 6.49. The Morgan fingerprint density at radius 2 is 1.96 bits per heavy atom. The molecule has 1 saturated heterocycles. The van der Waals surface area contributed by atoms with Crippen molar-refractivity contribution in [1.29, 1.82) is 5.26 Å². The first kappa shape index (κ1) is 16.3. The van der Waals surface area contributed by atoms with Gasteiger partial charge in [-0.2, -0.15) is 5.26 Å². The van der Waals surface area contributed by atoms with Gasteiger partial charge in [-0.15, -0.1) is 0 Å². The van der Waals surface area contributed by atoms with E-state index in [-0.39, 0.29) is 19.1 Å². The van der Waals surface area contributed by atoms with Gasteiger partial charge in [0, 0.05) is 0 Å². The highest BCUT2D eigenvalue weighted by Crippen LogP contribution is 2.35. The van der Waals surface area contributed by atoms with Gasteiger partial charge < -0.3 is 15.2 Å². The van der Waals surface area contributed by atoms with E-state index in [9.17, 15) is 14.7 Å². The molecule has 1 heterocycles. The molecular weight excluding hydrogens is 310 g/mol. The van der Waals surface area contributed by atoms with Gasteiger partial charge in [0.05, 0.1) is 18.2 Å². The van der Waals surface area contributed by atoms with Gasteiger partial charge in [0.25, 0.3) is 5.91 Å². The molecule has 0 aromatic heterocycles. The molecule has 1 saturated carbocycles. The Kier molecular flexibility index (Phi) is 4.40. The average molecular weight is 329 g/mol. The van der Waals surface area contributed by atoms with Gasteiger partial charge in [0.1, 0.15) is 24.0 Å². The van der Waals surface area contributed by atoms with E-state index >= 15 is 0 Å². The van der Waals surface area contributed by atoms with Crippen molar-refractivity contribution in [2.45, 2.75) is 37.3 Å². The van der Waals surface area contributed by atoms with E-state index in [0.717, 1.165) is 17.7 Å². The van der Waals surface area contributed by atoms with Crippen LogP contribution in [0.5, 0.6) is 5.75 Å². The highest BCUT2D eigenvalue weighted by atomic mass is 16.5. The SMILES string of the molecule is N#Cc1ccc(OC[C@H](O)CN2C(=O)NC3(CCCC3)C2=O)cc1. The second-order valence-corrected chi connectivity index (χ2v) is 6.24. The summed E-state index contributed by atoms with van der Waals surface area (Å²) in [6, 6.07) is 8.05. The number of carbonyl (C=O) groups is 2. The molecule has 1 aliphatic heterocycles. The zero-order valence-corrected chi connectivity index (χ0v) is 13.2. The van der Waals surface area contributed by atoms with E-state index in [2.05, 4.69) is 5.32 Å². The van der Waals surface area contributed by atoms with Crippen molar-refractivity contribution in [3.05, 3.63) is 29.8 Å². The molecule has 3 rings (SSSR count). The summed E-state index contributed by atoms with van der Waals surface area (Å²) in [4.78, 5) is 25.6. The van der Waals surface area contributed by atoms with Crippen LogP contribution < -0.4 is 10.1 Å². The third-order valence-corrected chi connectivity index (χ3v) is 4.52. The Bertz CT molecular complexity index is 674. The number of urea groups is 1. The van der Waals surface area contributed by atoms with Crippen LogP contribution in [0.1, 0.15) is 31.2 Å². The van der Waals surface area contributed by atoms with Crippen molar-refractivity contribution in [2.75, 3.05) is 13.2 Å². The molecule has 126 valence electrons. The van der Waals surface area contributed by atoms with Crippen LogP contribution in [0.2, 0.25) is 0 Å². The van der Waals surface area contributed by atoms with Crippen LogP contribution in [0.4, 0.5) is 4.79 Å². The van der Waals surface area contributed by atoms with Gasteiger partial charge >= 0.3 is 6.03 Å². The summed E-state index contributed by atoms with van der Waals surface area (Å²) in [5, 5.41) is 21.6. The first-order valence-corrected chi connectivity index (χ1v) is 7.99. The minimum atomic E-state index is -0.980. The molecule has 1 aromatic carbocycles. The minimum absolute atomic E-state index is 0.0457. The number of carbonyl (C=O) groups excluding carboxylic acids is 2. The number of nitrogens with zero attached hydrogens (tertiary/aromatic N) is 2. The molecule has 1 aromatic rings. The van der Waals surface area contributed by atoms with Crippen LogP contribution in [-0.2, 0) is 4.79 Å². The molecule has 0 radical (unpaired) electrons. The normalized spacial score (nSPS) is 20.1. The van der Waals surface area contributed by atoms with Gasteiger partial charge in [-0.3, -0.25) is 9.69 Å². The quantitative estimate of drug-likeness (QED) is 0.789. The molecule has 1 aliphatic carbocycles. The molecule has 0 unspecified atom stereocenters. The van der Waals surface area contributed by atoms with E-state index in [1.54, 1.807) is 24.3 Å². The zero-order valence-electron chi connectivity index (χ0n) is 13.2. The van der Waals surface area contributed by atoms with E-state index in [1.807, 2.05) is 6.07 Å². The number of hydrogen-bond acceptors (Lipinski definition) is 5. The van der Waals surface area contributed by atoms with Crippen LogP contribution in [0, 0.1) is 11.3 Å². The molecule has 7 heteroatoms.